The van der Waals surface area contributed by atoms with Gasteiger partial charge in [-0.3, -0.25) is 0 Å². The molecule has 512 valence electrons. The van der Waals surface area contributed by atoms with Crippen LogP contribution >= 0.6 is 0 Å². The fraction of sp³-hybridized carbons (Fsp3) is 1.00. The van der Waals surface area contributed by atoms with E-state index < -0.39 is 0 Å². The van der Waals surface area contributed by atoms with Crippen LogP contribution in [0.25, 0.3) is 0 Å². The lowest BCUT2D eigenvalue weighted by Gasteiger charge is -2.02. The topological polar surface area (TPSA) is 142 Å². The average Bonchev–Trinajstić information content (AvgIpc) is 3.50. The molecule has 0 radical (unpaired) electrons. The number of hydrogen-bond acceptors (Lipinski definition) is 7. The summed E-state index contributed by atoms with van der Waals surface area (Å²) in [6.07, 6.45) is 81.5. The van der Waals surface area contributed by atoms with Crippen molar-refractivity contribution in [2.24, 2.45) is 0 Å². The van der Waals surface area contributed by atoms with E-state index in [-0.39, 0.29) is 0 Å². The van der Waals surface area contributed by atoms with E-state index >= 15 is 0 Å². The lowest BCUT2D eigenvalue weighted by Crippen LogP contribution is -1.84. The summed E-state index contributed by atoms with van der Waals surface area (Å²) in [5.41, 5.74) is 0. The molecular weight excluding hydrogens is 1020 g/mol. The van der Waals surface area contributed by atoms with Crippen LogP contribution in [0.5, 0.6) is 0 Å². The first-order valence-corrected chi connectivity index (χ1v) is 38.2. The van der Waals surface area contributed by atoms with Crippen LogP contribution in [0.4, 0.5) is 0 Å². The molecule has 0 aliphatic heterocycles. The van der Waals surface area contributed by atoms with Crippen molar-refractivity contribution in [2.75, 3.05) is 46.2 Å². The average molecular weight is 1190 g/mol. The van der Waals surface area contributed by atoms with Crippen molar-refractivity contribution in [3.05, 3.63) is 0 Å². The molecule has 0 bridgehead atoms. The number of aliphatic hydroxyl groups is 7. The highest BCUT2D eigenvalue weighted by atomic mass is 16.3. The van der Waals surface area contributed by atoms with Gasteiger partial charge in [0.2, 0.25) is 0 Å². The molecule has 0 fully saturated rings. The molecule has 0 heterocycles. The molecule has 0 aliphatic rings. The van der Waals surface area contributed by atoms with Crippen molar-refractivity contribution in [1.29, 1.82) is 0 Å². The second-order valence-electron chi connectivity index (χ2n) is 24.5. The predicted octanol–water partition coefficient (Wildman–Crippen LogP) is 24.2. The molecule has 0 aromatic rings. The third-order valence-electron chi connectivity index (χ3n) is 15.6. The van der Waals surface area contributed by atoms with Crippen molar-refractivity contribution in [2.45, 2.75) is 447 Å². The van der Waals surface area contributed by atoms with Gasteiger partial charge in [-0.05, 0) is 44.9 Å². The van der Waals surface area contributed by atoms with Gasteiger partial charge in [-0.2, -0.15) is 0 Å². The van der Waals surface area contributed by atoms with Crippen LogP contribution in [0.15, 0.2) is 0 Å². The molecule has 83 heavy (non-hydrogen) atoms. The Labute approximate surface area is 526 Å². The van der Waals surface area contributed by atoms with Crippen LogP contribution in [-0.4, -0.2) is 82.0 Å². The highest BCUT2D eigenvalue weighted by Crippen LogP contribution is 2.15. The zero-order valence-electron chi connectivity index (χ0n) is 58.9. The van der Waals surface area contributed by atoms with Crippen molar-refractivity contribution in [3.8, 4) is 0 Å². The van der Waals surface area contributed by atoms with Gasteiger partial charge in [-0.1, -0.05) is 402 Å². The van der Waals surface area contributed by atoms with Crippen LogP contribution in [0.3, 0.4) is 0 Å². The van der Waals surface area contributed by atoms with Gasteiger partial charge in [0.05, 0.1) is 0 Å². The molecule has 7 heteroatoms. The standard InChI is InChI=1S/C16H34O.6C10H22O/c1-2-3-4-5-6-7-8-9-10-11-12-13-14-15-16-17;6*1-2-3-4-5-6-7-8-9-10-11/h17H,2-16H2,1H3;6*11H,2-10H2,1H3. The summed E-state index contributed by atoms with van der Waals surface area (Å²) in [5, 5.41) is 59.7. The van der Waals surface area contributed by atoms with Crippen LogP contribution < -0.4 is 0 Å². The van der Waals surface area contributed by atoms with E-state index in [4.69, 9.17) is 35.7 Å². The van der Waals surface area contributed by atoms with Gasteiger partial charge in [0.25, 0.3) is 0 Å². The lowest BCUT2D eigenvalue weighted by molar-refractivity contribution is 0.282. The molecule has 0 atom stereocenters. The fourth-order valence-electron chi connectivity index (χ4n) is 9.78. The molecule has 0 saturated carbocycles. The molecular formula is C76H166O7. The van der Waals surface area contributed by atoms with Gasteiger partial charge in [0.15, 0.2) is 0 Å². The molecule has 0 amide bonds. The van der Waals surface area contributed by atoms with Gasteiger partial charge < -0.3 is 35.7 Å². The molecule has 7 nitrogen and oxygen atoms in total. The Bertz CT molecular complexity index is 676. The minimum absolute atomic E-state index is 0.370. The van der Waals surface area contributed by atoms with Crippen LogP contribution in [0.2, 0.25) is 0 Å². The summed E-state index contributed by atoms with van der Waals surface area (Å²) in [5.74, 6) is 0. The first-order chi connectivity index (χ1) is 40.9. The Morgan fingerprint density at radius 2 is 0.157 bits per heavy atom. The SMILES string of the molecule is CCCCCCCCCCCCCCCCO.CCCCCCCCCCO.CCCCCCCCCCO.CCCCCCCCCCO.CCCCCCCCCCO.CCCCCCCCCCO.CCCCCCCCCCO. The second-order valence-corrected chi connectivity index (χ2v) is 24.5. The highest BCUT2D eigenvalue weighted by Gasteiger charge is 1.96. The second kappa shape index (κ2) is 113. The number of rotatable bonds is 62. The Morgan fingerprint density at radius 1 is 0.0964 bits per heavy atom. The van der Waals surface area contributed by atoms with Gasteiger partial charge in [-0.25, -0.2) is 0 Å². The van der Waals surface area contributed by atoms with E-state index in [2.05, 4.69) is 48.5 Å². The van der Waals surface area contributed by atoms with E-state index in [0.29, 0.717) is 46.2 Å². The third kappa shape index (κ3) is 136. The minimum atomic E-state index is 0.370. The molecule has 0 unspecified atom stereocenters. The maximum absolute atomic E-state index is 8.64. The molecule has 0 aliphatic carbocycles. The Hall–Kier alpha value is -0.280. The maximum atomic E-state index is 8.64. The fourth-order valence-corrected chi connectivity index (χ4v) is 9.78. The summed E-state index contributed by atoms with van der Waals surface area (Å²) in [7, 11) is 0. The Kier molecular flexibility index (Phi) is 131. The van der Waals surface area contributed by atoms with Crippen molar-refractivity contribution in [1.82, 2.24) is 0 Å². The maximum Gasteiger partial charge on any atom is 0.0431 e. The number of hydrogen-bond donors (Lipinski definition) is 7. The number of unbranched alkanes of at least 4 members (excludes halogenated alkanes) is 55. The van der Waals surface area contributed by atoms with Crippen LogP contribution in [0.1, 0.15) is 447 Å². The summed E-state index contributed by atoms with van der Waals surface area (Å²) < 4.78 is 0. The summed E-state index contributed by atoms with van der Waals surface area (Å²) in [4.78, 5) is 0. The molecule has 0 aromatic heterocycles. The van der Waals surface area contributed by atoms with Crippen LogP contribution in [-0.2, 0) is 0 Å². The quantitative estimate of drug-likeness (QED) is 0.0301. The predicted molar refractivity (Wildman–Crippen MR) is 376 cm³/mol. The molecule has 0 saturated heterocycles. The Morgan fingerprint density at radius 3 is 0.217 bits per heavy atom. The van der Waals surface area contributed by atoms with E-state index in [9.17, 15) is 0 Å². The van der Waals surface area contributed by atoms with Crippen molar-refractivity contribution >= 4 is 0 Å². The number of aliphatic hydroxyl groups excluding tert-OH is 7. The van der Waals surface area contributed by atoms with Gasteiger partial charge in [0.1, 0.15) is 0 Å². The van der Waals surface area contributed by atoms with Crippen LogP contribution in [0, 0.1) is 0 Å². The first kappa shape index (κ1) is 96.3. The smallest absolute Gasteiger partial charge is 0.0431 e. The third-order valence-corrected chi connectivity index (χ3v) is 15.6. The van der Waals surface area contributed by atoms with Crippen molar-refractivity contribution in [3.63, 3.8) is 0 Å². The summed E-state index contributed by atoms with van der Waals surface area (Å²) in [6, 6.07) is 0. The summed E-state index contributed by atoms with van der Waals surface area (Å²) >= 11 is 0. The van der Waals surface area contributed by atoms with E-state index in [0.717, 1.165) is 44.9 Å². The lowest BCUT2D eigenvalue weighted by atomic mass is 10.0. The normalized spacial score (nSPS) is 10.5. The van der Waals surface area contributed by atoms with Gasteiger partial charge in [-0.15, -0.1) is 0 Å². The van der Waals surface area contributed by atoms with E-state index in [1.54, 1.807) is 0 Å². The Balaban J connectivity index is -0.000000164. The van der Waals surface area contributed by atoms with Gasteiger partial charge in [0, 0.05) is 46.2 Å². The van der Waals surface area contributed by atoms with Crippen molar-refractivity contribution < 1.29 is 35.7 Å². The molecule has 0 rings (SSSR count). The zero-order chi connectivity index (χ0) is 62.8. The first-order valence-electron chi connectivity index (χ1n) is 38.2. The van der Waals surface area contributed by atoms with E-state index in [1.807, 2.05) is 0 Å². The molecule has 7 N–H and O–H groups in total. The highest BCUT2D eigenvalue weighted by molar-refractivity contribution is 4.52. The van der Waals surface area contributed by atoms with Gasteiger partial charge >= 0.3 is 0 Å². The minimum Gasteiger partial charge on any atom is -0.396 e. The molecule has 0 aromatic carbocycles. The summed E-state index contributed by atoms with van der Waals surface area (Å²) in [6.45, 7) is 18.3. The molecule has 0 spiro atoms. The van der Waals surface area contributed by atoms with E-state index in [1.165, 1.54) is 353 Å². The largest absolute Gasteiger partial charge is 0.396 e. The zero-order valence-corrected chi connectivity index (χ0v) is 58.9. The monoisotopic (exact) mass is 1190 g/mol.